The molecule has 0 aliphatic carbocycles. The smallest absolute Gasteiger partial charge is 0.0837 e. The molecule has 0 aromatic heterocycles. The van der Waals surface area contributed by atoms with E-state index in [0.29, 0.717) is 5.71 Å². The van der Waals surface area contributed by atoms with Crippen LogP contribution < -0.4 is 0 Å². The molecule has 13 heavy (non-hydrogen) atoms. The Kier molecular flexibility index (Phi) is 3.07. The van der Waals surface area contributed by atoms with Crippen molar-refractivity contribution < 1.29 is 5.21 Å². The van der Waals surface area contributed by atoms with Gasteiger partial charge in [0.2, 0.25) is 0 Å². The van der Waals surface area contributed by atoms with Crippen molar-refractivity contribution in [2.24, 2.45) is 5.16 Å². The molecular weight excluding hydrogens is 162 g/mol. The maximum Gasteiger partial charge on any atom is 0.0837 e. The second kappa shape index (κ2) is 4.08. The normalized spacial score (nSPS) is 11.8. The maximum absolute atomic E-state index is 8.59. The first-order valence-electron chi connectivity index (χ1n) is 4.47. The summed E-state index contributed by atoms with van der Waals surface area (Å²) in [5, 5.41) is 11.8. The predicted molar refractivity (Wildman–Crippen MR) is 54.6 cm³/mol. The van der Waals surface area contributed by atoms with Gasteiger partial charge < -0.3 is 5.21 Å². The Balaban J connectivity index is 3.10. The number of hydrogen-bond donors (Lipinski definition) is 1. The molecule has 0 saturated carbocycles. The van der Waals surface area contributed by atoms with Crippen molar-refractivity contribution in [2.75, 3.05) is 0 Å². The summed E-state index contributed by atoms with van der Waals surface area (Å²) in [5.41, 5.74) is 4.24. The second-order valence-corrected chi connectivity index (χ2v) is 3.18. The molecule has 2 nitrogen and oxygen atoms in total. The molecule has 1 rings (SSSR count). The molecule has 0 spiro atoms. The summed E-state index contributed by atoms with van der Waals surface area (Å²) in [6.45, 7) is 6.00. The minimum atomic E-state index is 0.658. The topological polar surface area (TPSA) is 32.6 Å². The molecule has 1 aromatic rings. The van der Waals surface area contributed by atoms with Crippen LogP contribution in [0, 0.1) is 6.92 Å². The Morgan fingerprint density at radius 3 is 2.62 bits per heavy atom. The minimum absolute atomic E-state index is 0.658. The van der Waals surface area contributed by atoms with Crippen LogP contribution in [0.1, 0.15) is 30.5 Å². The molecule has 1 aromatic carbocycles. The first-order chi connectivity index (χ1) is 6.19. The van der Waals surface area contributed by atoms with E-state index < -0.39 is 0 Å². The number of rotatable bonds is 2. The van der Waals surface area contributed by atoms with Gasteiger partial charge in [0.25, 0.3) is 0 Å². The van der Waals surface area contributed by atoms with Gasteiger partial charge in [-0.15, -0.1) is 0 Å². The second-order valence-electron chi connectivity index (χ2n) is 3.18. The molecule has 0 heterocycles. The van der Waals surface area contributed by atoms with Crippen LogP contribution in [0.15, 0.2) is 23.4 Å². The molecule has 0 aliphatic heterocycles. The van der Waals surface area contributed by atoms with Gasteiger partial charge >= 0.3 is 0 Å². The number of oxime groups is 1. The molecule has 0 atom stereocenters. The van der Waals surface area contributed by atoms with Crippen LogP contribution in [0.3, 0.4) is 0 Å². The molecule has 0 amide bonds. The highest BCUT2D eigenvalue weighted by atomic mass is 16.4. The van der Waals surface area contributed by atoms with E-state index in [2.05, 4.69) is 25.1 Å². The van der Waals surface area contributed by atoms with Crippen molar-refractivity contribution in [1.29, 1.82) is 0 Å². The first-order valence-corrected chi connectivity index (χ1v) is 4.47. The average Bonchev–Trinajstić information content (AvgIpc) is 2.16. The molecule has 0 fully saturated rings. The lowest BCUT2D eigenvalue weighted by Gasteiger charge is -2.05. The SMILES string of the molecule is CCc1ccc(/C(C)=N/O)cc1C. The summed E-state index contributed by atoms with van der Waals surface area (Å²) in [6, 6.07) is 6.12. The quantitative estimate of drug-likeness (QED) is 0.420. The van der Waals surface area contributed by atoms with E-state index in [0.717, 1.165) is 12.0 Å². The predicted octanol–water partition coefficient (Wildman–Crippen LogP) is 2.76. The summed E-state index contributed by atoms with van der Waals surface area (Å²) < 4.78 is 0. The molecular formula is C11H15NO. The monoisotopic (exact) mass is 177 g/mol. The van der Waals surface area contributed by atoms with E-state index in [-0.39, 0.29) is 0 Å². The highest BCUT2D eigenvalue weighted by Gasteiger charge is 2.00. The Bertz CT molecular complexity index is 329. The summed E-state index contributed by atoms with van der Waals surface area (Å²) >= 11 is 0. The van der Waals surface area contributed by atoms with Crippen LogP contribution in [0.4, 0.5) is 0 Å². The van der Waals surface area contributed by atoms with E-state index in [1.807, 2.05) is 12.1 Å². The highest BCUT2D eigenvalue weighted by Crippen LogP contribution is 2.12. The standard InChI is InChI=1S/C11H15NO/c1-4-10-5-6-11(7-8(10)2)9(3)12-13/h5-7,13H,4H2,1-3H3/b12-9+. The zero-order valence-corrected chi connectivity index (χ0v) is 8.33. The van der Waals surface area contributed by atoms with E-state index in [4.69, 9.17) is 5.21 Å². The van der Waals surface area contributed by atoms with Crippen molar-refractivity contribution in [1.82, 2.24) is 0 Å². The van der Waals surface area contributed by atoms with Gasteiger partial charge in [-0.05, 0) is 43.0 Å². The van der Waals surface area contributed by atoms with Crippen LogP contribution in [0.2, 0.25) is 0 Å². The van der Waals surface area contributed by atoms with Crippen molar-refractivity contribution in [3.8, 4) is 0 Å². The van der Waals surface area contributed by atoms with Gasteiger partial charge in [-0.25, -0.2) is 0 Å². The molecule has 0 radical (unpaired) electrons. The molecule has 2 heteroatoms. The van der Waals surface area contributed by atoms with Gasteiger partial charge in [-0.2, -0.15) is 0 Å². The third kappa shape index (κ3) is 2.08. The van der Waals surface area contributed by atoms with Crippen molar-refractivity contribution in [2.45, 2.75) is 27.2 Å². The van der Waals surface area contributed by atoms with E-state index >= 15 is 0 Å². The largest absolute Gasteiger partial charge is 0.411 e. The Morgan fingerprint density at radius 2 is 2.15 bits per heavy atom. The Hall–Kier alpha value is -1.31. The fraction of sp³-hybridized carbons (Fsp3) is 0.364. The van der Waals surface area contributed by atoms with Crippen molar-refractivity contribution in [3.05, 3.63) is 34.9 Å². The van der Waals surface area contributed by atoms with Crippen LogP contribution in [0.25, 0.3) is 0 Å². The van der Waals surface area contributed by atoms with E-state index in [1.165, 1.54) is 11.1 Å². The van der Waals surface area contributed by atoms with Crippen LogP contribution in [-0.4, -0.2) is 10.9 Å². The molecule has 1 N–H and O–H groups in total. The average molecular weight is 177 g/mol. The molecule has 70 valence electrons. The van der Waals surface area contributed by atoms with Gasteiger partial charge in [0.15, 0.2) is 0 Å². The van der Waals surface area contributed by atoms with Crippen molar-refractivity contribution in [3.63, 3.8) is 0 Å². The maximum atomic E-state index is 8.59. The van der Waals surface area contributed by atoms with Gasteiger partial charge in [-0.1, -0.05) is 24.2 Å². The number of aryl methyl sites for hydroxylation is 2. The van der Waals surface area contributed by atoms with Crippen LogP contribution in [-0.2, 0) is 6.42 Å². The van der Waals surface area contributed by atoms with Gasteiger partial charge in [0.05, 0.1) is 5.71 Å². The summed E-state index contributed by atoms with van der Waals surface area (Å²) in [7, 11) is 0. The third-order valence-electron chi connectivity index (χ3n) is 2.29. The lowest BCUT2D eigenvalue weighted by molar-refractivity contribution is 0.319. The number of benzene rings is 1. The Morgan fingerprint density at radius 1 is 1.46 bits per heavy atom. The number of nitrogens with zero attached hydrogens (tertiary/aromatic N) is 1. The van der Waals surface area contributed by atoms with Gasteiger partial charge in [-0.3, -0.25) is 0 Å². The highest BCUT2D eigenvalue weighted by molar-refractivity contribution is 5.98. The molecule has 0 saturated heterocycles. The molecule has 0 bridgehead atoms. The summed E-state index contributed by atoms with van der Waals surface area (Å²) in [5.74, 6) is 0. The van der Waals surface area contributed by atoms with Gasteiger partial charge in [0.1, 0.15) is 0 Å². The molecule has 0 unspecified atom stereocenters. The third-order valence-corrected chi connectivity index (χ3v) is 2.29. The lowest BCUT2D eigenvalue weighted by Crippen LogP contribution is -1.96. The summed E-state index contributed by atoms with van der Waals surface area (Å²) in [6.07, 6.45) is 1.04. The molecule has 0 aliphatic rings. The van der Waals surface area contributed by atoms with E-state index in [9.17, 15) is 0 Å². The van der Waals surface area contributed by atoms with Crippen LogP contribution in [0.5, 0.6) is 0 Å². The summed E-state index contributed by atoms with van der Waals surface area (Å²) in [4.78, 5) is 0. The first kappa shape index (κ1) is 9.78. The van der Waals surface area contributed by atoms with Crippen LogP contribution >= 0.6 is 0 Å². The van der Waals surface area contributed by atoms with E-state index in [1.54, 1.807) is 6.92 Å². The zero-order chi connectivity index (χ0) is 9.84. The number of hydrogen-bond acceptors (Lipinski definition) is 2. The zero-order valence-electron chi connectivity index (χ0n) is 8.33. The minimum Gasteiger partial charge on any atom is -0.411 e. The fourth-order valence-electron chi connectivity index (χ4n) is 1.38. The fourth-order valence-corrected chi connectivity index (χ4v) is 1.38. The van der Waals surface area contributed by atoms with Crippen molar-refractivity contribution >= 4 is 5.71 Å². The Labute approximate surface area is 78.9 Å². The van der Waals surface area contributed by atoms with Gasteiger partial charge in [0, 0.05) is 0 Å². The lowest BCUT2D eigenvalue weighted by atomic mass is 10.0.